The van der Waals surface area contributed by atoms with Crippen molar-refractivity contribution in [3.05, 3.63) is 18.2 Å². The maximum Gasteiger partial charge on any atom is 0.277 e. The summed E-state index contributed by atoms with van der Waals surface area (Å²) in [7, 11) is 0. The second-order valence-electron chi connectivity index (χ2n) is 5.27. The molecule has 0 N–H and O–H groups in total. The first-order valence-corrected chi connectivity index (χ1v) is 8.39. The van der Waals surface area contributed by atoms with Gasteiger partial charge < -0.3 is 13.9 Å². The molecule has 0 bridgehead atoms. The Labute approximate surface area is 141 Å². The van der Waals surface area contributed by atoms with E-state index in [1.165, 1.54) is 4.90 Å². The lowest BCUT2D eigenvalue weighted by atomic mass is 10.2. The molecule has 0 spiro atoms. The van der Waals surface area contributed by atoms with Gasteiger partial charge in [0.1, 0.15) is 0 Å². The van der Waals surface area contributed by atoms with E-state index in [0.29, 0.717) is 35.9 Å². The summed E-state index contributed by atoms with van der Waals surface area (Å²) in [6.07, 6.45) is 1.16. The van der Waals surface area contributed by atoms with Crippen molar-refractivity contribution in [1.29, 1.82) is 0 Å². The average molecular weight is 347 g/mol. The molecule has 4 rings (SSSR count). The molecule has 9 heteroatoms. The van der Waals surface area contributed by atoms with E-state index < -0.39 is 0 Å². The van der Waals surface area contributed by atoms with Crippen molar-refractivity contribution in [2.75, 3.05) is 19.1 Å². The molecule has 2 aromatic rings. The van der Waals surface area contributed by atoms with Gasteiger partial charge in [-0.15, -0.1) is 10.2 Å². The third-order valence-electron chi connectivity index (χ3n) is 3.72. The molecule has 2 aliphatic rings. The number of hydrogen-bond acceptors (Lipinski definition) is 8. The Morgan fingerprint density at radius 1 is 1.25 bits per heavy atom. The molecule has 24 heavy (non-hydrogen) atoms. The Morgan fingerprint density at radius 3 is 2.96 bits per heavy atom. The van der Waals surface area contributed by atoms with Crippen LogP contribution in [-0.2, 0) is 9.59 Å². The highest BCUT2D eigenvalue weighted by atomic mass is 32.2. The molecule has 1 fully saturated rings. The van der Waals surface area contributed by atoms with Crippen molar-refractivity contribution in [3.63, 3.8) is 0 Å². The zero-order chi connectivity index (χ0) is 16.5. The SMILES string of the molecule is O=C1CCCN1C(=O)CSc1nnc(-c2ccc3c(c2)OCO3)o1. The third kappa shape index (κ3) is 2.82. The van der Waals surface area contributed by atoms with Crippen LogP contribution in [-0.4, -0.2) is 46.0 Å². The summed E-state index contributed by atoms with van der Waals surface area (Å²) < 4.78 is 16.1. The quantitative estimate of drug-likeness (QED) is 0.772. The molecule has 0 saturated carbocycles. The lowest BCUT2D eigenvalue weighted by Gasteiger charge is -2.11. The third-order valence-corrected chi connectivity index (χ3v) is 4.52. The largest absolute Gasteiger partial charge is 0.454 e. The van der Waals surface area contributed by atoms with Gasteiger partial charge in [0.15, 0.2) is 11.5 Å². The number of aromatic nitrogens is 2. The Hall–Kier alpha value is -2.55. The van der Waals surface area contributed by atoms with Gasteiger partial charge in [-0.3, -0.25) is 14.5 Å². The fourth-order valence-electron chi connectivity index (χ4n) is 2.53. The van der Waals surface area contributed by atoms with Crippen LogP contribution < -0.4 is 9.47 Å². The van der Waals surface area contributed by atoms with E-state index >= 15 is 0 Å². The van der Waals surface area contributed by atoms with Gasteiger partial charge in [0, 0.05) is 18.5 Å². The van der Waals surface area contributed by atoms with E-state index in [1.807, 2.05) is 0 Å². The van der Waals surface area contributed by atoms with Gasteiger partial charge in [-0.25, -0.2) is 0 Å². The number of likely N-dealkylation sites (tertiary alicyclic amines) is 1. The first kappa shape index (κ1) is 15.0. The number of rotatable bonds is 4. The number of carbonyl (C=O) groups excluding carboxylic acids is 2. The number of ether oxygens (including phenoxy) is 2. The first-order chi connectivity index (χ1) is 11.7. The maximum absolute atomic E-state index is 12.0. The first-order valence-electron chi connectivity index (χ1n) is 7.40. The number of thioether (sulfide) groups is 1. The van der Waals surface area contributed by atoms with Crippen molar-refractivity contribution in [1.82, 2.24) is 15.1 Å². The average Bonchev–Trinajstić information content (AvgIpc) is 3.32. The van der Waals surface area contributed by atoms with Gasteiger partial charge in [0.2, 0.25) is 24.5 Å². The summed E-state index contributed by atoms with van der Waals surface area (Å²) in [5, 5.41) is 8.18. The molecule has 0 aliphatic carbocycles. The minimum Gasteiger partial charge on any atom is -0.454 e. The molecule has 8 nitrogen and oxygen atoms in total. The highest BCUT2D eigenvalue weighted by molar-refractivity contribution is 7.99. The lowest BCUT2D eigenvalue weighted by Crippen LogP contribution is -2.33. The number of benzene rings is 1. The van der Waals surface area contributed by atoms with E-state index in [0.717, 1.165) is 18.2 Å². The van der Waals surface area contributed by atoms with Gasteiger partial charge >= 0.3 is 0 Å². The maximum atomic E-state index is 12.0. The second kappa shape index (κ2) is 6.16. The zero-order valence-electron chi connectivity index (χ0n) is 12.6. The van der Waals surface area contributed by atoms with E-state index in [2.05, 4.69) is 10.2 Å². The zero-order valence-corrected chi connectivity index (χ0v) is 13.4. The molecule has 0 unspecified atom stereocenters. The molecule has 1 aromatic carbocycles. The van der Waals surface area contributed by atoms with E-state index in [4.69, 9.17) is 13.9 Å². The molecule has 3 heterocycles. The summed E-state index contributed by atoms with van der Waals surface area (Å²) in [4.78, 5) is 24.8. The van der Waals surface area contributed by atoms with E-state index in [9.17, 15) is 9.59 Å². The minimum absolute atomic E-state index is 0.0918. The van der Waals surface area contributed by atoms with Crippen LogP contribution in [0.3, 0.4) is 0 Å². The molecular formula is C15H13N3O5S. The topological polar surface area (TPSA) is 94.8 Å². The van der Waals surface area contributed by atoms with Crippen molar-refractivity contribution in [2.24, 2.45) is 0 Å². The molecule has 2 amide bonds. The van der Waals surface area contributed by atoms with Crippen LogP contribution in [0, 0.1) is 0 Å². The highest BCUT2D eigenvalue weighted by Crippen LogP contribution is 2.36. The van der Waals surface area contributed by atoms with Crippen LogP contribution in [0.1, 0.15) is 12.8 Å². The molecule has 124 valence electrons. The van der Waals surface area contributed by atoms with E-state index in [-0.39, 0.29) is 29.6 Å². The molecule has 1 aromatic heterocycles. The van der Waals surface area contributed by atoms with Crippen molar-refractivity contribution >= 4 is 23.6 Å². The lowest BCUT2D eigenvalue weighted by molar-refractivity contribution is -0.140. The summed E-state index contributed by atoms with van der Waals surface area (Å²) in [5.41, 5.74) is 0.708. The highest BCUT2D eigenvalue weighted by Gasteiger charge is 2.26. The predicted molar refractivity (Wildman–Crippen MR) is 82.5 cm³/mol. The van der Waals surface area contributed by atoms with E-state index in [1.54, 1.807) is 18.2 Å². The van der Waals surface area contributed by atoms with Crippen LogP contribution >= 0.6 is 11.8 Å². The molecular weight excluding hydrogens is 334 g/mol. The minimum atomic E-state index is -0.231. The van der Waals surface area contributed by atoms with Crippen LogP contribution in [0.15, 0.2) is 27.8 Å². The monoisotopic (exact) mass is 347 g/mol. The van der Waals surface area contributed by atoms with Crippen LogP contribution in [0.5, 0.6) is 11.5 Å². The van der Waals surface area contributed by atoms with Gasteiger partial charge in [-0.1, -0.05) is 11.8 Å². The van der Waals surface area contributed by atoms with Crippen LogP contribution in [0.4, 0.5) is 0 Å². The van der Waals surface area contributed by atoms with Gasteiger partial charge in [-0.2, -0.15) is 0 Å². The van der Waals surface area contributed by atoms with Crippen LogP contribution in [0.2, 0.25) is 0 Å². The van der Waals surface area contributed by atoms with Crippen molar-refractivity contribution in [2.45, 2.75) is 18.1 Å². The normalized spacial score (nSPS) is 16.0. The second-order valence-corrected chi connectivity index (χ2v) is 6.20. The molecule has 1 saturated heterocycles. The fourth-order valence-corrected chi connectivity index (χ4v) is 3.17. The number of fused-ring (bicyclic) bond motifs is 1. The number of amides is 2. The summed E-state index contributed by atoms with van der Waals surface area (Å²) in [5.74, 6) is 1.38. The van der Waals surface area contributed by atoms with Gasteiger partial charge in [-0.05, 0) is 24.6 Å². The van der Waals surface area contributed by atoms with Gasteiger partial charge in [0.25, 0.3) is 5.22 Å². The molecule has 0 atom stereocenters. The Morgan fingerprint density at radius 2 is 2.12 bits per heavy atom. The van der Waals surface area contributed by atoms with Crippen LogP contribution in [0.25, 0.3) is 11.5 Å². The van der Waals surface area contributed by atoms with Crippen molar-refractivity contribution in [3.8, 4) is 23.0 Å². The predicted octanol–water partition coefficient (Wildman–Crippen LogP) is 1.71. The van der Waals surface area contributed by atoms with Gasteiger partial charge in [0.05, 0.1) is 5.75 Å². The molecule has 2 aliphatic heterocycles. The standard InChI is InChI=1S/C15H13N3O5S/c19-12-2-1-5-18(12)13(20)7-24-15-17-16-14(23-15)9-3-4-10-11(6-9)22-8-21-10/h3-4,6H,1-2,5,7-8H2. The summed E-state index contributed by atoms with van der Waals surface area (Å²) in [6.45, 7) is 0.686. The number of nitrogens with zero attached hydrogens (tertiary/aromatic N) is 3. The Kier molecular flexibility index (Phi) is 3.85. The van der Waals surface area contributed by atoms with Crippen molar-refractivity contribution < 1.29 is 23.5 Å². The number of imide groups is 1. The Bertz CT molecular complexity index is 806. The fraction of sp³-hybridized carbons (Fsp3) is 0.333. The molecule has 0 radical (unpaired) electrons. The summed E-state index contributed by atoms with van der Waals surface area (Å²) in [6, 6.07) is 5.33. The number of hydrogen-bond donors (Lipinski definition) is 0. The summed E-state index contributed by atoms with van der Waals surface area (Å²) >= 11 is 1.12. The Balaban J connectivity index is 1.41. The smallest absolute Gasteiger partial charge is 0.277 e. The number of carbonyl (C=O) groups is 2.